The maximum Gasteiger partial charge on any atom is 0.326 e. The molecule has 0 radical (unpaired) electrons. The number of aromatic hydroxyl groups is 1. The van der Waals surface area contributed by atoms with Crippen molar-refractivity contribution in [3.63, 3.8) is 0 Å². The van der Waals surface area contributed by atoms with Gasteiger partial charge in [0.25, 0.3) is 0 Å². The van der Waals surface area contributed by atoms with Crippen molar-refractivity contribution >= 4 is 94.7 Å². The maximum atomic E-state index is 15.1. The molecule has 0 bridgehead atoms. The van der Waals surface area contributed by atoms with Gasteiger partial charge in [-0.1, -0.05) is 90.4 Å². The van der Waals surface area contributed by atoms with Crippen LogP contribution < -0.4 is 116 Å². The molecule has 1 fully saturated rings. The van der Waals surface area contributed by atoms with E-state index in [0.29, 0.717) is 69.2 Å². The number of benzene rings is 2. The second kappa shape index (κ2) is 55.6. The second-order valence-electron chi connectivity index (χ2n) is 30.9. The Morgan fingerprint density at radius 2 is 0.840 bits per heavy atom. The van der Waals surface area contributed by atoms with Gasteiger partial charge < -0.3 is 131 Å². The molecule has 0 spiro atoms. The summed E-state index contributed by atoms with van der Waals surface area (Å²) in [4.78, 5) is 199. The van der Waals surface area contributed by atoms with Crippen LogP contribution in [0.2, 0.25) is 0 Å². The number of nitrogens with one attached hydrogen (secondary N) is 11. The van der Waals surface area contributed by atoms with E-state index < -0.39 is 162 Å². The van der Waals surface area contributed by atoms with Gasteiger partial charge in [0.2, 0.25) is 70.9 Å². The monoisotopic (exact) mass is 1670 g/mol. The van der Waals surface area contributed by atoms with Crippen LogP contribution in [0.5, 0.6) is 5.75 Å². The van der Waals surface area contributed by atoms with Gasteiger partial charge in [0.15, 0.2) is 17.9 Å². The Morgan fingerprint density at radius 3 is 1.30 bits per heavy atom. The first-order valence-corrected chi connectivity index (χ1v) is 41.2. The van der Waals surface area contributed by atoms with E-state index in [1.165, 1.54) is 17.0 Å². The zero-order valence-corrected chi connectivity index (χ0v) is 69.8. The SMILES string of the molecule is CCC(C)[C@H](NC(=O)[C@H](CCCN=C(N)N)NC(=O)[C@H](CCCN=C(N)N)NC(=O)[C@H](CC(C)C)NC(=O)[C@H](Cc1ccccc1)NC(=O)CNC(=O)[C@H](CCCCN)NC(=O)[C@@H](N)Cc1ccc(O)cc1)C(=O)N[C@@H](CCCN=C(N)N)C(=O)N1CCC[C@H]1C(=O)N[C@@H](CCCCN)C(=O)N[C@@H](CC(C)C)C(=O)N[C@@H](CCCCN)C(=O)O. The number of nitrogens with zero attached hydrogens (tertiary/aromatic N) is 4. The number of carboxylic acid groups (broad SMARTS) is 1. The second-order valence-corrected chi connectivity index (χ2v) is 30.9. The average Bonchev–Trinajstić information content (AvgIpc) is 1.26. The van der Waals surface area contributed by atoms with E-state index in [1.54, 1.807) is 70.2 Å². The predicted molar refractivity (Wildman–Crippen MR) is 451 cm³/mol. The minimum Gasteiger partial charge on any atom is -0.508 e. The molecule has 0 aromatic heterocycles. The van der Waals surface area contributed by atoms with Crippen molar-refractivity contribution < 1.29 is 72.5 Å². The van der Waals surface area contributed by atoms with Gasteiger partial charge in [-0.05, 0) is 189 Å². The highest BCUT2D eigenvalue weighted by molar-refractivity contribution is 6.00. The molecular weight excluding hydrogens is 1540 g/mol. The van der Waals surface area contributed by atoms with Gasteiger partial charge in [0.05, 0.1) is 12.6 Å². The van der Waals surface area contributed by atoms with Crippen LogP contribution in [0.3, 0.4) is 0 Å². The zero-order chi connectivity index (χ0) is 88.7. The molecule has 0 saturated carbocycles. The van der Waals surface area contributed by atoms with Crippen LogP contribution in [-0.2, 0) is 75.2 Å². The maximum absolute atomic E-state index is 15.1. The van der Waals surface area contributed by atoms with Crippen LogP contribution in [0.1, 0.15) is 181 Å². The van der Waals surface area contributed by atoms with Crippen LogP contribution >= 0.6 is 0 Å². The van der Waals surface area contributed by atoms with Crippen LogP contribution in [0.25, 0.3) is 0 Å². The lowest BCUT2D eigenvalue weighted by Gasteiger charge is -2.32. The standard InChI is InChI=1S/C79H135N25O15/c1-7-48(6)64(74(116)99-57(28-19-39-92-79(88)89)75(117)104-40-20-29-62(104)73(115)98-54(24-12-15-35-81)68(110)101-60(42-47(4)5)71(113)100-58(76(118)119)25-13-16-36-82)103-69(111)56(27-18-38-91-78(86)87)96-67(109)55(26-17-37-90-77(84)85)97-70(112)59(41-46(2)3)102-72(114)61(44-49-21-9-8-10-22-49)94-63(106)45-93-66(108)53(23-11-14-34-80)95-65(107)52(83)43-50-30-32-51(105)33-31-50/h8-10,21-22,30-33,46-48,52-62,64,105H,7,11-20,23-29,34-45,80-83H2,1-6H3,(H,93,108)(H,94,106)(H,95,107)(H,96,109)(H,97,112)(H,98,115)(H,99,116)(H,100,113)(H,101,110)(H,102,114)(H,103,111)(H,118,119)(H4,84,85,90)(H4,86,87,91)(H4,88,89,92)/t48?,52-,53-,54-,55-,56-,57-,58-,59-,60-,61-,62-,64-/m0/s1. The number of likely N-dealkylation sites (tertiary alicyclic amines) is 1. The number of hydrogen-bond donors (Lipinski definition) is 23. The molecule has 33 N–H and O–H groups in total. The average molecular weight is 1680 g/mol. The highest BCUT2D eigenvalue weighted by Crippen LogP contribution is 2.23. The van der Waals surface area contributed by atoms with Crippen LogP contribution in [0.4, 0.5) is 0 Å². The molecule has 2 aromatic carbocycles. The van der Waals surface area contributed by atoms with Gasteiger partial charge in [-0.25, -0.2) is 4.79 Å². The number of unbranched alkanes of at least 4 members (excludes halogenated alkanes) is 3. The summed E-state index contributed by atoms with van der Waals surface area (Å²) in [5.74, 6) is -12.5. The van der Waals surface area contributed by atoms with E-state index in [0.717, 1.165) is 0 Å². The number of guanidine groups is 3. The summed E-state index contributed by atoms with van der Waals surface area (Å²) in [6.07, 6.45) is 3.66. The van der Waals surface area contributed by atoms with Crippen LogP contribution in [0, 0.1) is 17.8 Å². The Balaban J connectivity index is 2.00. The van der Waals surface area contributed by atoms with Crippen LogP contribution in [0.15, 0.2) is 69.6 Å². The molecular formula is C79H135N25O15. The fourth-order valence-corrected chi connectivity index (χ4v) is 13.2. The lowest BCUT2D eigenvalue weighted by Crippen LogP contribution is -2.61. The van der Waals surface area contributed by atoms with Crippen molar-refractivity contribution in [1.82, 2.24) is 63.4 Å². The summed E-state index contributed by atoms with van der Waals surface area (Å²) in [6.45, 7) is 10.8. The van der Waals surface area contributed by atoms with Crippen molar-refractivity contribution in [2.24, 2.45) is 90.1 Å². The number of phenols is 1. The Morgan fingerprint density at radius 1 is 0.445 bits per heavy atom. The summed E-state index contributed by atoms with van der Waals surface area (Å²) in [5, 5.41) is 49.5. The highest BCUT2D eigenvalue weighted by Gasteiger charge is 2.42. The molecule has 13 atom stereocenters. The number of aliphatic carboxylic acids is 1. The van der Waals surface area contributed by atoms with Gasteiger partial charge in [-0.2, -0.15) is 0 Å². The molecule has 1 aliphatic heterocycles. The Labute approximate surface area is 697 Å². The molecule has 0 aliphatic carbocycles. The number of carbonyl (C=O) groups excluding carboxylic acids is 12. The number of hydrogen-bond acceptors (Lipinski definition) is 21. The smallest absolute Gasteiger partial charge is 0.326 e. The van der Waals surface area contributed by atoms with Gasteiger partial charge in [0.1, 0.15) is 72.2 Å². The summed E-state index contributed by atoms with van der Waals surface area (Å²) in [7, 11) is 0. The number of phenolic OH excluding ortho intramolecular Hbond substituents is 1. The fraction of sp³-hybridized carbons (Fsp3) is 0.646. The molecule has 1 saturated heterocycles. The van der Waals surface area contributed by atoms with E-state index in [2.05, 4.69) is 73.5 Å². The molecule has 2 aromatic rings. The summed E-state index contributed by atoms with van der Waals surface area (Å²) in [5.41, 5.74) is 58.7. The van der Waals surface area contributed by atoms with Gasteiger partial charge in [-0.3, -0.25) is 72.5 Å². The third kappa shape index (κ3) is 39.9. The minimum atomic E-state index is -1.49. The Kier molecular flexibility index (Phi) is 47.8. The number of nitrogens with two attached hydrogens (primary N) is 10. The summed E-state index contributed by atoms with van der Waals surface area (Å²) >= 11 is 0. The third-order valence-electron chi connectivity index (χ3n) is 19.8. The van der Waals surface area contributed by atoms with Crippen LogP contribution in [-0.4, -0.2) is 235 Å². The van der Waals surface area contributed by atoms with E-state index in [9.17, 15) is 58.2 Å². The summed E-state index contributed by atoms with van der Waals surface area (Å²) < 4.78 is 0. The normalized spacial score (nSPS) is 15.5. The third-order valence-corrected chi connectivity index (χ3v) is 19.8. The number of carboxylic acids is 1. The van der Waals surface area contributed by atoms with E-state index in [1.807, 2.05) is 13.8 Å². The molecule has 119 heavy (non-hydrogen) atoms. The van der Waals surface area contributed by atoms with Crippen molar-refractivity contribution in [3.05, 3.63) is 65.7 Å². The molecule has 40 nitrogen and oxygen atoms in total. The quantitative estimate of drug-likeness (QED) is 0.0172. The molecule has 40 heteroatoms. The number of carbonyl (C=O) groups is 13. The van der Waals surface area contributed by atoms with Gasteiger partial charge in [-0.15, -0.1) is 0 Å². The fourth-order valence-electron chi connectivity index (χ4n) is 13.2. The first-order chi connectivity index (χ1) is 56.5. The molecule has 1 aliphatic rings. The first kappa shape index (κ1) is 102. The molecule has 12 amide bonds. The first-order valence-electron chi connectivity index (χ1n) is 41.2. The molecule has 1 heterocycles. The largest absolute Gasteiger partial charge is 0.508 e. The van der Waals surface area contributed by atoms with E-state index >= 15 is 14.4 Å². The topological polar surface area (TPSA) is 695 Å². The highest BCUT2D eigenvalue weighted by atomic mass is 16.4. The predicted octanol–water partition coefficient (Wildman–Crippen LogP) is -3.77. The lowest BCUT2D eigenvalue weighted by atomic mass is 9.96. The Bertz CT molecular complexity index is 3640. The van der Waals surface area contributed by atoms with Gasteiger partial charge >= 0.3 is 5.97 Å². The van der Waals surface area contributed by atoms with Crippen molar-refractivity contribution in [2.75, 3.05) is 52.4 Å². The molecule has 666 valence electrons. The number of aliphatic imine (C=N–C) groups is 3. The minimum absolute atomic E-state index is 0.00741. The lowest BCUT2D eigenvalue weighted by molar-refractivity contribution is -0.143. The zero-order valence-electron chi connectivity index (χ0n) is 69.8. The van der Waals surface area contributed by atoms with Crippen molar-refractivity contribution in [1.29, 1.82) is 0 Å². The molecule has 3 rings (SSSR count). The Hall–Kier alpha value is -11.0. The molecule has 1 unspecified atom stereocenters. The van der Waals surface area contributed by atoms with E-state index in [4.69, 9.17) is 57.3 Å². The van der Waals surface area contributed by atoms with Crippen molar-refractivity contribution in [2.45, 2.75) is 255 Å². The number of rotatable bonds is 58. The number of amides is 12. The van der Waals surface area contributed by atoms with Crippen molar-refractivity contribution in [3.8, 4) is 5.75 Å². The van der Waals surface area contributed by atoms with Gasteiger partial charge in [0, 0.05) is 32.6 Å². The van der Waals surface area contributed by atoms with E-state index in [-0.39, 0.29) is 165 Å². The summed E-state index contributed by atoms with van der Waals surface area (Å²) in [6, 6.07) is -0.943.